The van der Waals surface area contributed by atoms with Crippen molar-refractivity contribution in [2.45, 2.75) is 12.3 Å². The van der Waals surface area contributed by atoms with Crippen molar-refractivity contribution in [2.75, 3.05) is 12.4 Å². The molecular formula is C17H15FN4O2. The Hall–Kier alpha value is -2.96. The Labute approximate surface area is 137 Å². The fraction of sp³-hybridized carbons (Fsp3) is 0.235. The lowest BCUT2D eigenvalue weighted by atomic mass is 9.84. The normalized spacial score (nSPS) is 16.8. The smallest absolute Gasteiger partial charge is 0.225 e. The molecule has 3 aromatic rings. The lowest BCUT2D eigenvalue weighted by molar-refractivity contribution is -0.116. The molecule has 1 aliphatic heterocycles. The van der Waals surface area contributed by atoms with Crippen LogP contribution in [0.3, 0.4) is 0 Å². The van der Waals surface area contributed by atoms with E-state index in [1.165, 1.54) is 19.2 Å². The molecule has 0 bridgehead atoms. The number of halogens is 1. The molecule has 2 heterocycles. The summed E-state index contributed by atoms with van der Waals surface area (Å²) in [5.74, 6) is -0.353. The fourth-order valence-electron chi connectivity index (χ4n) is 3.23. The van der Waals surface area contributed by atoms with E-state index in [2.05, 4.69) is 15.6 Å². The monoisotopic (exact) mass is 326 g/mol. The third kappa shape index (κ3) is 2.20. The van der Waals surface area contributed by atoms with Crippen LogP contribution in [0.2, 0.25) is 0 Å². The van der Waals surface area contributed by atoms with Gasteiger partial charge in [0.2, 0.25) is 5.91 Å². The highest BCUT2D eigenvalue weighted by Gasteiger charge is 2.29. The molecule has 1 aliphatic rings. The summed E-state index contributed by atoms with van der Waals surface area (Å²) in [6.07, 6.45) is 0.241. The minimum Gasteiger partial charge on any atom is -0.497 e. The van der Waals surface area contributed by atoms with Gasteiger partial charge in [0.05, 0.1) is 18.3 Å². The molecule has 1 N–H and O–H groups in total. The molecule has 0 saturated carbocycles. The van der Waals surface area contributed by atoms with E-state index in [4.69, 9.17) is 4.74 Å². The lowest BCUT2D eigenvalue weighted by Gasteiger charge is -2.26. The standard InChI is InChI=1S/C17H15FN4O2/c1-22-14-4-3-12-13(9-5-10(18)7-11(6-9)24-2)8-15(23)19-16(12)17(14)20-21-22/h3-7,13H,8H2,1-2H3,(H,19,23). The Balaban J connectivity index is 1.92. The van der Waals surface area contributed by atoms with Gasteiger partial charge in [-0.2, -0.15) is 0 Å². The average Bonchev–Trinajstić information content (AvgIpc) is 2.95. The SMILES string of the molecule is COc1cc(F)cc(C2CC(=O)Nc3c2ccc2c3nnn2C)c1. The molecule has 6 nitrogen and oxygen atoms in total. The summed E-state index contributed by atoms with van der Waals surface area (Å²) in [5, 5.41) is 11.0. The summed E-state index contributed by atoms with van der Waals surface area (Å²) in [6, 6.07) is 8.37. The zero-order valence-corrected chi connectivity index (χ0v) is 13.2. The van der Waals surface area contributed by atoms with Gasteiger partial charge in [-0.1, -0.05) is 11.3 Å². The van der Waals surface area contributed by atoms with E-state index in [1.54, 1.807) is 17.8 Å². The van der Waals surface area contributed by atoms with Gasteiger partial charge < -0.3 is 10.1 Å². The molecule has 2 aromatic carbocycles. The molecule has 0 fully saturated rings. The average molecular weight is 326 g/mol. The minimum atomic E-state index is -0.391. The van der Waals surface area contributed by atoms with Crippen LogP contribution in [0.15, 0.2) is 30.3 Å². The number of hydrogen-bond donors (Lipinski definition) is 1. The van der Waals surface area contributed by atoms with Crippen LogP contribution in [-0.4, -0.2) is 28.0 Å². The number of nitrogens with one attached hydrogen (secondary N) is 1. The van der Waals surface area contributed by atoms with Crippen molar-refractivity contribution in [1.29, 1.82) is 0 Å². The summed E-state index contributed by atoms with van der Waals surface area (Å²) in [7, 11) is 3.28. The molecule has 24 heavy (non-hydrogen) atoms. The van der Waals surface area contributed by atoms with Gasteiger partial charge in [-0.25, -0.2) is 9.07 Å². The second-order valence-electron chi connectivity index (χ2n) is 5.84. The molecule has 0 aliphatic carbocycles. The zero-order valence-electron chi connectivity index (χ0n) is 13.2. The highest BCUT2D eigenvalue weighted by atomic mass is 19.1. The van der Waals surface area contributed by atoms with Gasteiger partial charge in [0.25, 0.3) is 0 Å². The number of benzene rings is 2. The van der Waals surface area contributed by atoms with E-state index < -0.39 is 5.82 Å². The van der Waals surface area contributed by atoms with E-state index in [0.717, 1.165) is 11.1 Å². The topological polar surface area (TPSA) is 69.0 Å². The van der Waals surface area contributed by atoms with Gasteiger partial charge in [0, 0.05) is 25.5 Å². The Bertz CT molecular complexity index is 967. The molecule has 1 aromatic heterocycles. The molecule has 0 spiro atoms. The van der Waals surface area contributed by atoms with Crippen LogP contribution in [0.5, 0.6) is 5.75 Å². The lowest BCUT2D eigenvalue weighted by Crippen LogP contribution is -2.24. The van der Waals surface area contributed by atoms with Gasteiger partial charge >= 0.3 is 0 Å². The quantitative estimate of drug-likeness (QED) is 0.786. The number of aromatic nitrogens is 3. The maximum atomic E-state index is 13.9. The van der Waals surface area contributed by atoms with E-state index >= 15 is 0 Å². The highest BCUT2D eigenvalue weighted by molar-refractivity contribution is 6.03. The zero-order chi connectivity index (χ0) is 16.8. The van der Waals surface area contributed by atoms with Crippen LogP contribution in [0.4, 0.5) is 10.1 Å². The maximum absolute atomic E-state index is 13.9. The first-order valence-corrected chi connectivity index (χ1v) is 7.53. The third-order valence-electron chi connectivity index (χ3n) is 4.38. The van der Waals surface area contributed by atoms with Gasteiger partial charge in [-0.15, -0.1) is 5.10 Å². The summed E-state index contributed by atoms with van der Waals surface area (Å²) in [4.78, 5) is 12.2. The van der Waals surface area contributed by atoms with Crippen LogP contribution in [0.1, 0.15) is 23.5 Å². The number of fused-ring (bicyclic) bond motifs is 3. The van der Waals surface area contributed by atoms with Crippen LogP contribution < -0.4 is 10.1 Å². The molecule has 4 rings (SSSR count). The predicted octanol–water partition coefficient (Wildman–Crippen LogP) is 2.59. The Kier molecular flexibility index (Phi) is 3.23. The largest absolute Gasteiger partial charge is 0.497 e. The van der Waals surface area contributed by atoms with E-state index in [-0.39, 0.29) is 18.2 Å². The van der Waals surface area contributed by atoms with E-state index in [9.17, 15) is 9.18 Å². The Morgan fingerprint density at radius 3 is 2.96 bits per heavy atom. The Morgan fingerprint density at radius 1 is 1.33 bits per heavy atom. The van der Waals surface area contributed by atoms with E-state index in [1.807, 2.05) is 12.1 Å². The van der Waals surface area contributed by atoms with Gasteiger partial charge in [-0.05, 0) is 29.3 Å². The summed E-state index contributed by atoms with van der Waals surface area (Å²) in [6.45, 7) is 0. The van der Waals surface area contributed by atoms with Gasteiger partial charge in [0.15, 0.2) is 0 Å². The molecule has 1 atom stereocenters. The fourth-order valence-corrected chi connectivity index (χ4v) is 3.23. The van der Waals surface area contributed by atoms with Crippen LogP contribution in [-0.2, 0) is 11.8 Å². The number of carbonyl (C=O) groups is 1. The number of nitrogens with zero attached hydrogens (tertiary/aromatic N) is 3. The first-order valence-electron chi connectivity index (χ1n) is 7.53. The molecule has 122 valence electrons. The second kappa shape index (κ2) is 5.30. The number of anilines is 1. The first kappa shape index (κ1) is 14.6. The summed E-state index contributed by atoms with van der Waals surface area (Å²) >= 11 is 0. The van der Waals surface area contributed by atoms with Crippen molar-refractivity contribution in [3.8, 4) is 5.75 Å². The number of hydrogen-bond acceptors (Lipinski definition) is 4. The third-order valence-corrected chi connectivity index (χ3v) is 4.38. The van der Waals surface area contributed by atoms with Crippen LogP contribution in [0.25, 0.3) is 11.0 Å². The molecular weight excluding hydrogens is 311 g/mol. The number of amides is 1. The van der Waals surface area contributed by atoms with Crippen molar-refractivity contribution in [2.24, 2.45) is 7.05 Å². The summed E-state index contributed by atoms with van der Waals surface area (Å²) < 4.78 is 20.7. The van der Waals surface area contributed by atoms with E-state index in [0.29, 0.717) is 22.5 Å². The molecule has 7 heteroatoms. The van der Waals surface area contributed by atoms with Crippen LogP contribution >= 0.6 is 0 Å². The second-order valence-corrected chi connectivity index (χ2v) is 5.84. The molecule has 0 saturated heterocycles. The van der Waals surface area contributed by atoms with Crippen LogP contribution in [0, 0.1) is 5.82 Å². The number of aryl methyl sites for hydroxylation is 1. The maximum Gasteiger partial charge on any atom is 0.225 e. The number of carbonyl (C=O) groups excluding carboxylic acids is 1. The molecule has 1 amide bonds. The van der Waals surface area contributed by atoms with Gasteiger partial charge in [-0.3, -0.25) is 4.79 Å². The number of methoxy groups -OCH3 is 1. The first-order chi connectivity index (χ1) is 11.6. The predicted molar refractivity (Wildman–Crippen MR) is 86.6 cm³/mol. The van der Waals surface area contributed by atoms with Crippen molar-refractivity contribution >= 4 is 22.6 Å². The number of ether oxygens (including phenoxy) is 1. The summed E-state index contributed by atoms with van der Waals surface area (Å²) in [5.41, 5.74) is 3.70. The molecule has 0 radical (unpaired) electrons. The Morgan fingerprint density at radius 2 is 2.17 bits per heavy atom. The van der Waals surface area contributed by atoms with Gasteiger partial charge in [0.1, 0.15) is 17.1 Å². The minimum absolute atomic E-state index is 0.131. The molecule has 1 unspecified atom stereocenters. The number of rotatable bonds is 2. The van der Waals surface area contributed by atoms with Crippen molar-refractivity contribution < 1.29 is 13.9 Å². The van der Waals surface area contributed by atoms with Crippen molar-refractivity contribution in [3.05, 3.63) is 47.3 Å². The van der Waals surface area contributed by atoms with Crippen molar-refractivity contribution in [3.63, 3.8) is 0 Å². The van der Waals surface area contributed by atoms with Crippen molar-refractivity contribution in [1.82, 2.24) is 15.0 Å². The highest BCUT2D eigenvalue weighted by Crippen LogP contribution is 2.41.